The highest BCUT2D eigenvalue weighted by Gasteiger charge is 2.45. The fourth-order valence-corrected chi connectivity index (χ4v) is 8.15. The van der Waals surface area contributed by atoms with Crippen molar-refractivity contribution in [2.45, 2.75) is 104 Å². The fraction of sp³-hybridized carbons (Fsp3) is 0.524. The first-order valence-corrected chi connectivity index (χ1v) is 19.0. The Morgan fingerprint density at radius 2 is 1.81 bits per heavy atom. The molecule has 2 aromatic heterocycles. The van der Waals surface area contributed by atoms with E-state index in [4.69, 9.17) is 26.6 Å². The van der Waals surface area contributed by atoms with Crippen LogP contribution in [0.2, 0.25) is 0 Å². The fourth-order valence-electron chi connectivity index (χ4n) is 8.15. The maximum absolute atomic E-state index is 17.0. The molecule has 2 aromatic carbocycles. The molecule has 0 saturated carbocycles. The maximum Gasteiger partial charge on any atom is 0.410 e. The quantitative estimate of drug-likeness (QED) is 0.144. The standard InChI is InChI=1S/C42H52F2N6O3/c1-8-21-49(40(51)53-41(5,6)7)24-26(3)15-16-27(4)35-33-37(47-39(48-38(33)45)52-25-42-19-11-22-50(42)23-12-20-42)34(44)36(46-35)30-14-10-13-28-17-18-31(43)29(9-2)32(28)30/h2,10,13-14,17-18,26-27H,8,11-12,15-16,19-25H2,1,3-7H3,(H2,45,47,48)/t26?,27-/m1/s1. The highest BCUT2D eigenvalue weighted by molar-refractivity contribution is 6.02. The summed E-state index contributed by atoms with van der Waals surface area (Å²) in [5.41, 5.74) is 6.90. The van der Waals surface area contributed by atoms with E-state index in [-0.39, 0.29) is 52.1 Å². The van der Waals surface area contributed by atoms with Gasteiger partial charge in [0.15, 0.2) is 5.82 Å². The summed E-state index contributed by atoms with van der Waals surface area (Å²) in [5.74, 6) is 1.17. The maximum atomic E-state index is 17.0. The molecule has 0 spiro atoms. The molecule has 282 valence electrons. The van der Waals surface area contributed by atoms with Crippen LogP contribution in [-0.4, -0.2) is 74.8 Å². The van der Waals surface area contributed by atoms with Gasteiger partial charge in [0.25, 0.3) is 0 Å². The van der Waals surface area contributed by atoms with Crippen LogP contribution in [0.5, 0.6) is 6.01 Å². The molecule has 0 radical (unpaired) electrons. The van der Waals surface area contributed by atoms with E-state index in [0.29, 0.717) is 53.5 Å². The molecular weight excluding hydrogens is 674 g/mol. The molecule has 2 atom stereocenters. The second-order valence-corrected chi connectivity index (χ2v) is 16.0. The van der Waals surface area contributed by atoms with Crippen LogP contribution in [0.1, 0.15) is 104 Å². The Balaban J connectivity index is 1.38. The number of aromatic nitrogens is 3. The first-order chi connectivity index (χ1) is 25.2. The molecule has 1 amide bonds. The zero-order valence-corrected chi connectivity index (χ0v) is 31.9. The molecule has 2 aliphatic rings. The van der Waals surface area contributed by atoms with Crippen LogP contribution in [0, 0.1) is 29.9 Å². The molecule has 0 aliphatic carbocycles. The lowest BCUT2D eigenvalue weighted by Crippen LogP contribution is -2.43. The van der Waals surface area contributed by atoms with E-state index in [9.17, 15) is 4.79 Å². The Hall–Kier alpha value is -4.56. The molecule has 9 nitrogen and oxygen atoms in total. The number of amides is 1. The summed E-state index contributed by atoms with van der Waals surface area (Å²) in [6.45, 7) is 15.3. The number of hydrogen-bond donors (Lipinski definition) is 1. The first kappa shape index (κ1) is 38.2. The van der Waals surface area contributed by atoms with Crippen LogP contribution in [0.25, 0.3) is 32.9 Å². The number of fused-ring (bicyclic) bond motifs is 3. The molecule has 1 unspecified atom stereocenters. The summed E-state index contributed by atoms with van der Waals surface area (Å²) in [4.78, 5) is 31.4. The van der Waals surface area contributed by atoms with Gasteiger partial charge in [0.2, 0.25) is 0 Å². The normalized spacial score (nSPS) is 16.7. The van der Waals surface area contributed by atoms with Crippen LogP contribution in [0.4, 0.5) is 19.4 Å². The molecule has 53 heavy (non-hydrogen) atoms. The minimum absolute atomic E-state index is 0.000417. The van der Waals surface area contributed by atoms with Crippen molar-refractivity contribution in [1.29, 1.82) is 0 Å². The number of hydrogen-bond acceptors (Lipinski definition) is 8. The van der Waals surface area contributed by atoms with Crippen molar-refractivity contribution >= 4 is 33.6 Å². The number of terminal acetylenes is 1. The van der Waals surface area contributed by atoms with Crippen molar-refractivity contribution in [3.63, 3.8) is 0 Å². The van der Waals surface area contributed by atoms with E-state index in [1.165, 1.54) is 6.07 Å². The predicted molar refractivity (Wildman–Crippen MR) is 206 cm³/mol. The van der Waals surface area contributed by atoms with E-state index in [0.717, 1.165) is 51.6 Å². The zero-order valence-electron chi connectivity index (χ0n) is 31.9. The lowest BCUT2D eigenvalue weighted by atomic mass is 9.91. The number of pyridine rings is 1. The highest BCUT2D eigenvalue weighted by atomic mass is 19.1. The molecule has 2 fully saturated rings. The second kappa shape index (κ2) is 15.4. The predicted octanol–water partition coefficient (Wildman–Crippen LogP) is 8.86. The number of ether oxygens (including phenoxy) is 2. The van der Waals surface area contributed by atoms with E-state index < -0.39 is 17.2 Å². The summed E-state index contributed by atoms with van der Waals surface area (Å²) in [6.07, 6.45) is 11.9. The van der Waals surface area contributed by atoms with Crippen molar-refractivity contribution in [1.82, 2.24) is 24.8 Å². The van der Waals surface area contributed by atoms with Gasteiger partial charge in [-0.3, -0.25) is 4.90 Å². The van der Waals surface area contributed by atoms with Gasteiger partial charge in [-0.2, -0.15) is 9.97 Å². The zero-order chi connectivity index (χ0) is 38.1. The molecule has 2 aliphatic heterocycles. The summed E-state index contributed by atoms with van der Waals surface area (Å²) >= 11 is 0. The Kier molecular flexibility index (Phi) is 11.1. The van der Waals surface area contributed by atoms with Crippen molar-refractivity contribution in [3.8, 4) is 29.6 Å². The average molecular weight is 727 g/mol. The number of anilines is 1. The highest BCUT2D eigenvalue weighted by Crippen LogP contribution is 2.41. The second-order valence-electron chi connectivity index (χ2n) is 16.0. The number of benzene rings is 2. The van der Waals surface area contributed by atoms with Crippen molar-refractivity contribution in [3.05, 3.63) is 53.2 Å². The molecule has 2 N–H and O–H groups in total. The Labute approximate surface area is 311 Å². The van der Waals surface area contributed by atoms with Crippen LogP contribution in [-0.2, 0) is 4.74 Å². The van der Waals surface area contributed by atoms with Gasteiger partial charge in [-0.15, -0.1) is 6.42 Å². The van der Waals surface area contributed by atoms with Gasteiger partial charge in [0.05, 0.1) is 22.2 Å². The van der Waals surface area contributed by atoms with Gasteiger partial charge in [0, 0.05) is 24.0 Å². The topological polar surface area (TPSA) is 107 Å². The Morgan fingerprint density at radius 3 is 2.49 bits per heavy atom. The van der Waals surface area contributed by atoms with Gasteiger partial charge in [0.1, 0.15) is 35.1 Å². The number of nitrogen functional groups attached to an aromatic ring is 1. The Morgan fingerprint density at radius 1 is 1.08 bits per heavy atom. The molecule has 4 aromatic rings. The SMILES string of the molecule is C#Cc1c(F)ccc2cccc(-c3nc([C@H](C)CCC(C)CN(CCC)C(=O)OC(C)(C)C)c4c(N)nc(OCC56CCCN5CCC6)nc4c3F)c12. The van der Waals surface area contributed by atoms with Gasteiger partial charge in [-0.05, 0) is 102 Å². The van der Waals surface area contributed by atoms with Crippen molar-refractivity contribution < 1.29 is 23.0 Å². The smallest absolute Gasteiger partial charge is 0.410 e. The molecule has 0 bridgehead atoms. The minimum atomic E-state index is -0.711. The number of halogens is 2. The molecule has 2 saturated heterocycles. The number of nitrogens with zero attached hydrogens (tertiary/aromatic N) is 5. The Bertz CT molecular complexity index is 2030. The largest absolute Gasteiger partial charge is 0.461 e. The van der Waals surface area contributed by atoms with Crippen LogP contribution < -0.4 is 10.5 Å². The summed E-state index contributed by atoms with van der Waals surface area (Å²) in [5, 5.41) is 1.38. The van der Waals surface area contributed by atoms with Gasteiger partial charge in [-0.1, -0.05) is 51.0 Å². The van der Waals surface area contributed by atoms with Crippen molar-refractivity contribution in [2.75, 3.05) is 38.5 Å². The van der Waals surface area contributed by atoms with E-state index in [1.807, 2.05) is 40.7 Å². The monoisotopic (exact) mass is 726 g/mol. The number of carbonyl (C=O) groups is 1. The lowest BCUT2D eigenvalue weighted by Gasteiger charge is -2.31. The van der Waals surface area contributed by atoms with Gasteiger partial charge < -0.3 is 20.1 Å². The van der Waals surface area contributed by atoms with Gasteiger partial charge >= 0.3 is 12.1 Å². The molecular formula is C42H52F2N6O3. The van der Waals surface area contributed by atoms with Crippen LogP contribution in [0.15, 0.2) is 30.3 Å². The van der Waals surface area contributed by atoms with Crippen molar-refractivity contribution in [2.24, 2.45) is 5.92 Å². The van der Waals surface area contributed by atoms with Gasteiger partial charge in [-0.25, -0.2) is 18.6 Å². The number of carbonyl (C=O) groups excluding carboxylic acids is 1. The van der Waals surface area contributed by atoms with E-state index in [2.05, 4.69) is 27.7 Å². The molecule has 6 rings (SSSR count). The third kappa shape index (κ3) is 7.89. The van der Waals surface area contributed by atoms with E-state index in [1.54, 1.807) is 23.1 Å². The average Bonchev–Trinajstić information content (AvgIpc) is 3.70. The first-order valence-electron chi connectivity index (χ1n) is 19.0. The molecule has 4 heterocycles. The summed E-state index contributed by atoms with van der Waals surface area (Å²) in [6, 6.07) is 8.23. The van der Waals surface area contributed by atoms with Crippen LogP contribution >= 0.6 is 0 Å². The third-order valence-corrected chi connectivity index (χ3v) is 10.7. The third-order valence-electron chi connectivity index (χ3n) is 10.7. The lowest BCUT2D eigenvalue weighted by molar-refractivity contribution is 0.0221. The minimum Gasteiger partial charge on any atom is -0.461 e. The summed E-state index contributed by atoms with van der Waals surface area (Å²) in [7, 11) is 0. The van der Waals surface area contributed by atoms with E-state index >= 15 is 8.78 Å². The molecule has 11 heteroatoms. The van der Waals surface area contributed by atoms with Crippen LogP contribution in [0.3, 0.4) is 0 Å². The number of rotatable bonds is 12. The number of nitrogens with two attached hydrogens (primary N) is 1. The summed E-state index contributed by atoms with van der Waals surface area (Å²) < 4.78 is 44.0.